The number of nitrogens with one attached hydrogen (secondary N) is 1. The van der Waals surface area contributed by atoms with E-state index in [-0.39, 0.29) is 5.82 Å². The number of anilines is 1. The van der Waals surface area contributed by atoms with E-state index in [0.29, 0.717) is 16.7 Å². The van der Waals surface area contributed by atoms with Crippen molar-refractivity contribution in [1.29, 1.82) is 0 Å². The predicted octanol–water partition coefficient (Wildman–Crippen LogP) is 4.05. The zero-order chi connectivity index (χ0) is 12.8. The first-order chi connectivity index (χ1) is 8.77. The molecule has 0 aliphatic heterocycles. The Labute approximate surface area is 114 Å². The molecule has 2 aromatic rings. The Bertz CT molecular complexity index is 564. The highest BCUT2D eigenvalue weighted by molar-refractivity contribution is 9.10. The molecule has 1 nitrogen and oxygen atoms in total. The van der Waals surface area contributed by atoms with Crippen molar-refractivity contribution in [2.24, 2.45) is 0 Å². The molecule has 0 fully saturated rings. The van der Waals surface area contributed by atoms with Gasteiger partial charge in [0.25, 0.3) is 0 Å². The highest BCUT2D eigenvalue weighted by atomic mass is 79.9. The third-order valence-electron chi connectivity index (χ3n) is 2.32. The lowest BCUT2D eigenvalue weighted by atomic mass is 10.2. The molecule has 0 aliphatic carbocycles. The van der Waals surface area contributed by atoms with Crippen molar-refractivity contribution in [3.05, 3.63) is 64.4 Å². The van der Waals surface area contributed by atoms with Crippen LogP contribution in [-0.2, 0) is 0 Å². The highest BCUT2D eigenvalue weighted by Crippen LogP contribution is 2.24. The first kappa shape index (κ1) is 12.7. The average Bonchev–Trinajstić information content (AvgIpc) is 2.38. The fourth-order valence-electron chi connectivity index (χ4n) is 1.47. The molecule has 0 saturated heterocycles. The zero-order valence-electron chi connectivity index (χ0n) is 9.58. The molecule has 0 aromatic heterocycles. The van der Waals surface area contributed by atoms with Crippen LogP contribution in [-0.4, -0.2) is 6.54 Å². The Balaban J connectivity index is 1.99. The van der Waals surface area contributed by atoms with Crippen molar-refractivity contribution in [2.45, 2.75) is 0 Å². The van der Waals surface area contributed by atoms with Crippen LogP contribution in [0.1, 0.15) is 5.56 Å². The molecule has 0 atom stereocenters. The van der Waals surface area contributed by atoms with E-state index >= 15 is 0 Å². The van der Waals surface area contributed by atoms with E-state index in [0.717, 1.165) is 5.56 Å². The lowest BCUT2D eigenvalue weighted by molar-refractivity contribution is 0.630. The van der Waals surface area contributed by atoms with E-state index in [1.54, 1.807) is 12.1 Å². The second-order valence-corrected chi connectivity index (χ2v) is 4.47. The van der Waals surface area contributed by atoms with Crippen LogP contribution in [0.25, 0.3) is 0 Å². The van der Waals surface area contributed by atoms with E-state index in [4.69, 9.17) is 0 Å². The highest BCUT2D eigenvalue weighted by Gasteiger charge is 2.03. The van der Waals surface area contributed by atoms with Gasteiger partial charge in [-0.15, -0.1) is 0 Å². The third-order valence-corrected chi connectivity index (χ3v) is 2.98. The summed E-state index contributed by atoms with van der Waals surface area (Å²) in [7, 11) is 0. The van der Waals surface area contributed by atoms with E-state index < -0.39 is 0 Å². The van der Waals surface area contributed by atoms with Gasteiger partial charge in [-0.25, -0.2) is 4.39 Å². The summed E-state index contributed by atoms with van der Waals surface area (Å²) in [6.45, 7) is 0.397. The number of hydrogen-bond acceptors (Lipinski definition) is 1. The number of rotatable bonds is 2. The van der Waals surface area contributed by atoms with Crippen LogP contribution in [0, 0.1) is 17.7 Å². The maximum atomic E-state index is 13.5. The van der Waals surface area contributed by atoms with Gasteiger partial charge in [-0.1, -0.05) is 36.1 Å². The molecule has 0 aliphatic rings. The lowest BCUT2D eigenvalue weighted by Crippen LogP contribution is -2.01. The van der Waals surface area contributed by atoms with Crippen LogP contribution in [0.4, 0.5) is 10.1 Å². The minimum atomic E-state index is -0.286. The van der Waals surface area contributed by atoms with Crippen LogP contribution in [0.3, 0.4) is 0 Å². The summed E-state index contributed by atoms with van der Waals surface area (Å²) in [6.07, 6.45) is 0. The fraction of sp³-hybridized carbons (Fsp3) is 0.0667. The molecule has 90 valence electrons. The van der Waals surface area contributed by atoms with Gasteiger partial charge in [0.05, 0.1) is 12.2 Å². The van der Waals surface area contributed by atoms with Crippen LogP contribution >= 0.6 is 15.9 Å². The molecule has 1 N–H and O–H groups in total. The quantitative estimate of drug-likeness (QED) is 0.825. The summed E-state index contributed by atoms with van der Waals surface area (Å²) in [5, 5.41) is 2.96. The summed E-state index contributed by atoms with van der Waals surface area (Å²) in [5.41, 5.74) is 1.40. The van der Waals surface area contributed by atoms with Gasteiger partial charge in [-0.2, -0.15) is 0 Å². The molecule has 3 heteroatoms. The molecular formula is C15H11BrFN. The number of halogens is 2. The molecule has 18 heavy (non-hydrogen) atoms. The second-order valence-electron chi connectivity index (χ2n) is 3.62. The molecule has 0 bridgehead atoms. The predicted molar refractivity (Wildman–Crippen MR) is 75.9 cm³/mol. The van der Waals surface area contributed by atoms with Crippen molar-refractivity contribution >= 4 is 21.6 Å². The molecule has 2 aromatic carbocycles. The Morgan fingerprint density at radius 1 is 1.06 bits per heavy atom. The smallest absolute Gasteiger partial charge is 0.147 e. The zero-order valence-corrected chi connectivity index (χ0v) is 11.2. The fourth-order valence-corrected chi connectivity index (χ4v) is 1.95. The minimum Gasteiger partial charge on any atom is -0.371 e. The monoisotopic (exact) mass is 303 g/mol. The van der Waals surface area contributed by atoms with Gasteiger partial charge in [-0.05, 0) is 40.2 Å². The largest absolute Gasteiger partial charge is 0.371 e. The van der Waals surface area contributed by atoms with Crippen LogP contribution in [0.5, 0.6) is 0 Å². The van der Waals surface area contributed by atoms with Crippen LogP contribution in [0.2, 0.25) is 0 Å². The van der Waals surface area contributed by atoms with Crippen molar-refractivity contribution in [2.75, 3.05) is 11.9 Å². The summed E-state index contributed by atoms with van der Waals surface area (Å²) in [5.74, 6) is 5.67. The molecule has 0 unspecified atom stereocenters. The average molecular weight is 304 g/mol. The Morgan fingerprint density at radius 3 is 2.56 bits per heavy atom. The van der Waals surface area contributed by atoms with Gasteiger partial charge in [0, 0.05) is 10.0 Å². The van der Waals surface area contributed by atoms with E-state index in [9.17, 15) is 4.39 Å². The number of benzene rings is 2. The summed E-state index contributed by atoms with van der Waals surface area (Å²) >= 11 is 3.29. The van der Waals surface area contributed by atoms with Gasteiger partial charge >= 0.3 is 0 Å². The standard InChI is InChI=1S/C15H11BrFN/c16-13-9-4-10-14(17)15(13)18-11-5-8-12-6-2-1-3-7-12/h1-4,6-7,9-10,18H,11H2. The first-order valence-electron chi connectivity index (χ1n) is 5.49. The Kier molecular flexibility index (Phi) is 4.38. The molecular weight excluding hydrogens is 293 g/mol. The first-order valence-corrected chi connectivity index (χ1v) is 6.28. The lowest BCUT2D eigenvalue weighted by Gasteiger charge is -2.05. The van der Waals surface area contributed by atoms with Gasteiger partial charge < -0.3 is 5.32 Å². The minimum absolute atomic E-state index is 0.286. The second kappa shape index (κ2) is 6.23. The topological polar surface area (TPSA) is 12.0 Å². The Morgan fingerprint density at radius 2 is 1.83 bits per heavy atom. The molecule has 2 rings (SSSR count). The van der Waals surface area contributed by atoms with Gasteiger partial charge in [0.15, 0.2) is 0 Å². The number of para-hydroxylation sites is 1. The van der Waals surface area contributed by atoms with Gasteiger partial charge in [-0.3, -0.25) is 0 Å². The van der Waals surface area contributed by atoms with E-state index in [1.807, 2.05) is 30.3 Å². The number of hydrogen-bond donors (Lipinski definition) is 1. The van der Waals surface area contributed by atoms with Gasteiger partial charge in [0.2, 0.25) is 0 Å². The molecule has 0 radical (unpaired) electrons. The van der Waals surface area contributed by atoms with Crippen molar-refractivity contribution in [1.82, 2.24) is 0 Å². The van der Waals surface area contributed by atoms with E-state index in [1.165, 1.54) is 6.07 Å². The molecule has 0 spiro atoms. The maximum Gasteiger partial charge on any atom is 0.147 e. The molecule has 0 heterocycles. The summed E-state index contributed by atoms with van der Waals surface area (Å²) in [4.78, 5) is 0. The molecule has 0 amide bonds. The summed E-state index contributed by atoms with van der Waals surface area (Å²) < 4.78 is 14.2. The third kappa shape index (κ3) is 3.35. The van der Waals surface area contributed by atoms with E-state index in [2.05, 4.69) is 33.1 Å². The maximum absolute atomic E-state index is 13.5. The van der Waals surface area contributed by atoms with Gasteiger partial charge in [0.1, 0.15) is 5.82 Å². The SMILES string of the molecule is Fc1cccc(Br)c1NCC#Cc1ccccc1. The van der Waals surface area contributed by atoms with Crippen molar-refractivity contribution in [3.8, 4) is 11.8 Å². The Hall–Kier alpha value is -1.79. The normalized spacial score (nSPS) is 9.44. The van der Waals surface area contributed by atoms with Crippen molar-refractivity contribution < 1.29 is 4.39 Å². The van der Waals surface area contributed by atoms with Crippen LogP contribution < -0.4 is 5.32 Å². The molecule has 0 saturated carbocycles. The van der Waals surface area contributed by atoms with Crippen molar-refractivity contribution in [3.63, 3.8) is 0 Å². The van der Waals surface area contributed by atoms with Crippen LogP contribution in [0.15, 0.2) is 53.0 Å². The summed E-state index contributed by atoms with van der Waals surface area (Å²) in [6, 6.07) is 14.5.